The first-order chi connectivity index (χ1) is 18.2. The van der Waals surface area contributed by atoms with Crippen LogP contribution in [0.25, 0.3) is 0 Å². The summed E-state index contributed by atoms with van der Waals surface area (Å²) in [6, 6.07) is 12.9. The number of hydrogen-bond donors (Lipinski definition) is 3. The molecule has 0 spiro atoms. The number of nitrogens with two attached hydrogens (primary N) is 1. The molecule has 2 aliphatic rings. The van der Waals surface area contributed by atoms with Crippen LogP contribution in [0, 0.1) is 18.8 Å². The number of amides is 1. The number of carbonyl (C=O) groups is 1. The Hall–Kier alpha value is -2.16. The van der Waals surface area contributed by atoms with Crippen LogP contribution in [0.4, 0.5) is 0 Å². The number of piperidine rings is 1. The summed E-state index contributed by atoms with van der Waals surface area (Å²) in [5, 5.41) is 23.1. The van der Waals surface area contributed by atoms with E-state index < -0.39 is 11.7 Å². The van der Waals surface area contributed by atoms with E-state index in [0.29, 0.717) is 61.0 Å². The van der Waals surface area contributed by atoms with Crippen LogP contribution < -0.4 is 10.5 Å². The third-order valence-corrected chi connectivity index (χ3v) is 8.53. The van der Waals surface area contributed by atoms with Crippen molar-refractivity contribution in [2.75, 3.05) is 26.8 Å². The fraction of sp³-hybridized carbons (Fsp3) is 0.567. The van der Waals surface area contributed by atoms with Crippen LogP contribution in [0.3, 0.4) is 0 Å². The number of halogens is 1. The maximum atomic E-state index is 13.4. The van der Waals surface area contributed by atoms with E-state index in [4.69, 9.17) is 26.8 Å². The van der Waals surface area contributed by atoms with Crippen molar-refractivity contribution in [1.82, 2.24) is 4.90 Å². The van der Waals surface area contributed by atoms with Gasteiger partial charge in [-0.2, -0.15) is 0 Å². The lowest BCUT2D eigenvalue weighted by Crippen LogP contribution is -2.49. The number of unbranched alkanes of at least 4 members (excludes halogenated alkanes) is 1. The Labute approximate surface area is 230 Å². The Morgan fingerprint density at radius 1 is 1.18 bits per heavy atom. The maximum absolute atomic E-state index is 13.4. The quantitative estimate of drug-likeness (QED) is 0.372. The predicted molar refractivity (Wildman–Crippen MR) is 148 cm³/mol. The summed E-state index contributed by atoms with van der Waals surface area (Å²) in [6.07, 6.45) is 3.84. The fourth-order valence-corrected chi connectivity index (χ4v) is 6.22. The van der Waals surface area contributed by atoms with Gasteiger partial charge in [0.05, 0.1) is 16.7 Å². The number of aliphatic hydroxyl groups is 2. The van der Waals surface area contributed by atoms with E-state index in [9.17, 15) is 15.0 Å². The first-order valence-corrected chi connectivity index (χ1v) is 14.1. The second kappa shape index (κ2) is 12.8. The van der Waals surface area contributed by atoms with E-state index in [1.165, 1.54) is 0 Å². The van der Waals surface area contributed by atoms with Crippen LogP contribution in [-0.4, -0.2) is 60.0 Å². The lowest BCUT2D eigenvalue weighted by molar-refractivity contribution is -0.141. The van der Waals surface area contributed by atoms with E-state index in [0.717, 1.165) is 31.2 Å². The molecule has 2 fully saturated rings. The molecule has 2 aromatic carbocycles. The van der Waals surface area contributed by atoms with Gasteiger partial charge < -0.3 is 30.3 Å². The summed E-state index contributed by atoms with van der Waals surface area (Å²) in [5.41, 5.74) is 6.34. The average Bonchev–Trinajstić information content (AvgIpc) is 3.26. The minimum atomic E-state index is -1.26. The van der Waals surface area contributed by atoms with Crippen LogP contribution in [0.5, 0.6) is 11.5 Å². The van der Waals surface area contributed by atoms with E-state index in [1.54, 1.807) is 13.2 Å². The van der Waals surface area contributed by atoms with E-state index >= 15 is 0 Å². The molecular weight excluding hydrogens is 504 g/mol. The molecule has 0 unspecified atom stereocenters. The summed E-state index contributed by atoms with van der Waals surface area (Å²) in [7, 11) is 1.67. The molecule has 7 nitrogen and oxygen atoms in total. The summed E-state index contributed by atoms with van der Waals surface area (Å²) >= 11 is 6.70. The summed E-state index contributed by atoms with van der Waals surface area (Å²) in [6.45, 7) is 3.65. The number of hydrogen-bond acceptors (Lipinski definition) is 6. The first-order valence-electron chi connectivity index (χ1n) is 13.7. The van der Waals surface area contributed by atoms with Crippen LogP contribution in [-0.2, 0) is 15.1 Å². The molecule has 8 heteroatoms. The number of carbonyl (C=O) groups excluding carboxylic acids is 1. The summed E-state index contributed by atoms with van der Waals surface area (Å²) < 4.78 is 11.6. The third-order valence-electron chi connectivity index (χ3n) is 8.23. The fourth-order valence-electron chi connectivity index (χ4n) is 6.01. The number of nitrogens with zero attached hydrogens (tertiary/aromatic N) is 1. The van der Waals surface area contributed by atoms with Crippen molar-refractivity contribution in [3.05, 3.63) is 58.6 Å². The zero-order valence-electron chi connectivity index (χ0n) is 22.4. The molecule has 1 amide bonds. The highest BCUT2D eigenvalue weighted by Crippen LogP contribution is 2.47. The number of rotatable bonds is 10. The van der Waals surface area contributed by atoms with Crippen LogP contribution >= 0.6 is 11.6 Å². The largest absolute Gasteiger partial charge is 0.455 e. The monoisotopic (exact) mass is 544 g/mol. The highest BCUT2D eigenvalue weighted by Gasteiger charge is 2.45. The zero-order chi connectivity index (χ0) is 27.3. The van der Waals surface area contributed by atoms with Crippen LogP contribution in [0.1, 0.15) is 56.1 Å². The van der Waals surface area contributed by atoms with E-state index in [1.807, 2.05) is 48.2 Å². The predicted octanol–water partition coefficient (Wildman–Crippen LogP) is 4.78. The molecule has 1 aliphatic carbocycles. The maximum Gasteiger partial charge on any atom is 0.225 e. The number of likely N-dealkylation sites (tertiary alicyclic amines) is 1. The topological polar surface area (TPSA) is 105 Å². The van der Waals surface area contributed by atoms with Gasteiger partial charge in [-0.1, -0.05) is 41.9 Å². The Bertz CT molecular complexity index is 1090. The molecule has 38 heavy (non-hydrogen) atoms. The highest BCUT2D eigenvalue weighted by atomic mass is 35.5. The molecule has 2 aromatic rings. The number of para-hydroxylation sites is 2. The molecule has 1 aliphatic heterocycles. The Morgan fingerprint density at radius 3 is 2.68 bits per heavy atom. The van der Waals surface area contributed by atoms with E-state index in [2.05, 4.69) is 0 Å². The Balaban J connectivity index is 1.65. The van der Waals surface area contributed by atoms with Crippen LogP contribution in [0.15, 0.2) is 42.5 Å². The summed E-state index contributed by atoms with van der Waals surface area (Å²) in [4.78, 5) is 15.3. The van der Waals surface area contributed by atoms with Gasteiger partial charge in [0.25, 0.3) is 0 Å². The number of ether oxygens (including phenoxy) is 2. The molecule has 4 N–H and O–H groups in total. The Kier molecular flexibility index (Phi) is 9.71. The first kappa shape index (κ1) is 28.8. The van der Waals surface area contributed by atoms with Gasteiger partial charge in [-0.05, 0) is 69.6 Å². The minimum Gasteiger partial charge on any atom is -0.455 e. The normalized spacial score (nSPS) is 25.3. The Morgan fingerprint density at radius 2 is 1.97 bits per heavy atom. The number of benzene rings is 2. The lowest BCUT2D eigenvalue weighted by Gasteiger charge is -2.44. The molecule has 5 atom stereocenters. The molecular formula is C30H41ClN2O5. The molecule has 1 heterocycles. The van der Waals surface area contributed by atoms with E-state index in [-0.39, 0.29) is 23.8 Å². The van der Waals surface area contributed by atoms with Crippen molar-refractivity contribution in [1.29, 1.82) is 0 Å². The van der Waals surface area contributed by atoms with Gasteiger partial charge in [0.15, 0.2) is 5.75 Å². The van der Waals surface area contributed by atoms with Crippen LogP contribution in [0.2, 0.25) is 5.02 Å². The zero-order valence-corrected chi connectivity index (χ0v) is 23.2. The van der Waals surface area contributed by atoms with Crippen molar-refractivity contribution in [2.24, 2.45) is 17.6 Å². The van der Waals surface area contributed by atoms with Crippen molar-refractivity contribution >= 4 is 17.5 Å². The third kappa shape index (κ3) is 6.35. The molecule has 1 saturated heterocycles. The van der Waals surface area contributed by atoms with Crippen molar-refractivity contribution in [3.63, 3.8) is 0 Å². The highest BCUT2D eigenvalue weighted by molar-refractivity contribution is 6.32. The molecule has 0 aromatic heterocycles. The summed E-state index contributed by atoms with van der Waals surface area (Å²) in [5.74, 6) is 0.664. The van der Waals surface area contributed by atoms with Crippen molar-refractivity contribution < 1.29 is 24.5 Å². The molecule has 0 radical (unpaired) electrons. The van der Waals surface area contributed by atoms with Gasteiger partial charge in [-0.25, -0.2) is 0 Å². The smallest absolute Gasteiger partial charge is 0.225 e. The molecule has 4 rings (SSSR count). The average molecular weight is 545 g/mol. The number of methoxy groups -OCH3 is 1. The lowest BCUT2D eigenvalue weighted by atomic mass is 9.73. The number of aliphatic hydroxyl groups excluding tert-OH is 1. The number of aryl methyl sites for hydroxylation is 1. The minimum absolute atomic E-state index is 0.0194. The van der Waals surface area contributed by atoms with Gasteiger partial charge in [0.2, 0.25) is 5.91 Å². The standard InChI is InChI=1S/C30H41ClN2O5/c1-20-9-3-4-13-27(20)38-28-23(11-7-12-24(28)31)30(36,14-5-6-16-37-2)22-10-8-15-33(19-22)29(35)21-17-25(32)26(34)18-21/h3-4,7,9,11-13,21-22,25-26,34,36H,5-6,8,10,14-19,32H2,1-2H3/t21-,22+,25+,26-,30-/m0/s1. The second-order valence-corrected chi connectivity index (χ2v) is 11.3. The molecule has 208 valence electrons. The SMILES string of the molecule is COCCCC[C@@](O)(c1cccc(Cl)c1Oc1ccccc1C)[C@@H]1CCCN(C(=O)[C@H]2C[C@@H](N)[C@@H](O)C2)C1. The molecule has 0 bridgehead atoms. The van der Waals surface area contributed by atoms with Crippen molar-refractivity contribution in [3.8, 4) is 11.5 Å². The molecule has 1 saturated carbocycles. The van der Waals surface area contributed by atoms with Gasteiger partial charge in [-0.15, -0.1) is 0 Å². The second-order valence-electron chi connectivity index (χ2n) is 10.9. The van der Waals surface area contributed by atoms with Gasteiger partial charge in [0.1, 0.15) is 5.75 Å². The van der Waals surface area contributed by atoms with Gasteiger partial charge in [0, 0.05) is 50.2 Å². The van der Waals surface area contributed by atoms with Gasteiger partial charge in [-0.3, -0.25) is 4.79 Å². The van der Waals surface area contributed by atoms with Gasteiger partial charge >= 0.3 is 0 Å². The van der Waals surface area contributed by atoms with Crippen molar-refractivity contribution in [2.45, 2.75) is 69.6 Å².